The van der Waals surface area contributed by atoms with Crippen LogP contribution < -0.4 is 5.73 Å². The van der Waals surface area contributed by atoms with Gasteiger partial charge in [-0.05, 0) is 50.6 Å². The Hall–Kier alpha value is -1.35. The molecule has 0 heterocycles. The fourth-order valence-corrected chi connectivity index (χ4v) is 3.12. The van der Waals surface area contributed by atoms with Crippen LogP contribution in [-0.2, 0) is 11.3 Å². The van der Waals surface area contributed by atoms with Gasteiger partial charge in [-0.2, -0.15) is 0 Å². The largest absolute Gasteiger partial charge is 0.341 e. The fraction of sp³-hybridized carbons (Fsp3) is 0.588. The predicted molar refractivity (Wildman–Crippen MR) is 82.2 cm³/mol. The third kappa shape index (κ3) is 3.83. The molecule has 3 heteroatoms. The van der Waals surface area contributed by atoms with E-state index in [1.54, 1.807) is 0 Å². The lowest BCUT2D eigenvalue weighted by Gasteiger charge is -2.30. The molecular formula is C17H26N2O. The van der Waals surface area contributed by atoms with E-state index in [2.05, 4.69) is 31.2 Å². The van der Waals surface area contributed by atoms with Crippen molar-refractivity contribution in [2.24, 2.45) is 17.6 Å². The molecule has 0 radical (unpaired) electrons. The summed E-state index contributed by atoms with van der Waals surface area (Å²) in [7, 11) is 1.92. The number of hydrogen-bond donors (Lipinski definition) is 1. The Kier molecular flexibility index (Phi) is 5.18. The van der Waals surface area contributed by atoms with Gasteiger partial charge < -0.3 is 10.6 Å². The van der Waals surface area contributed by atoms with Gasteiger partial charge in [-0.15, -0.1) is 0 Å². The number of rotatable bonds is 4. The number of aryl methyl sites for hydroxylation is 1. The maximum atomic E-state index is 12.5. The van der Waals surface area contributed by atoms with Crippen LogP contribution in [0.4, 0.5) is 0 Å². The van der Waals surface area contributed by atoms with Gasteiger partial charge in [0.1, 0.15) is 0 Å². The van der Waals surface area contributed by atoms with Crippen molar-refractivity contribution in [1.82, 2.24) is 4.90 Å². The lowest BCUT2D eigenvalue weighted by atomic mass is 9.81. The van der Waals surface area contributed by atoms with Gasteiger partial charge in [0.15, 0.2) is 0 Å². The smallest absolute Gasteiger partial charge is 0.225 e. The third-order valence-corrected chi connectivity index (χ3v) is 4.41. The molecule has 3 nitrogen and oxygen atoms in total. The first-order valence-corrected chi connectivity index (χ1v) is 7.60. The van der Waals surface area contributed by atoms with Crippen LogP contribution in [0.5, 0.6) is 0 Å². The van der Waals surface area contributed by atoms with E-state index in [1.807, 2.05) is 11.9 Å². The number of amides is 1. The van der Waals surface area contributed by atoms with Gasteiger partial charge in [0.05, 0.1) is 0 Å². The molecule has 0 unspecified atom stereocenters. The summed E-state index contributed by atoms with van der Waals surface area (Å²) < 4.78 is 0. The number of hydrogen-bond acceptors (Lipinski definition) is 2. The van der Waals surface area contributed by atoms with E-state index in [0.717, 1.165) is 32.2 Å². The molecule has 1 aliphatic rings. The molecule has 1 aromatic carbocycles. The molecule has 0 aliphatic heterocycles. The van der Waals surface area contributed by atoms with Crippen LogP contribution in [0.3, 0.4) is 0 Å². The Morgan fingerprint density at radius 3 is 2.60 bits per heavy atom. The number of benzene rings is 1. The average Bonchev–Trinajstić information content (AvgIpc) is 2.46. The van der Waals surface area contributed by atoms with Crippen LogP contribution in [0.15, 0.2) is 24.3 Å². The van der Waals surface area contributed by atoms with Crippen LogP contribution in [0.2, 0.25) is 0 Å². The average molecular weight is 274 g/mol. The van der Waals surface area contributed by atoms with Crippen LogP contribution in [0.1, 0.15) is 36.8 Å². The van der Waals surface area contributed by atoms with Gasteiger partial charge in [-0.1, -0.05) is 29.8 Å². The SMILES string of the molecule is Cc1cccc(CN(C)C(=O)C2CCC(CN)CC2)c1. The monoisotopic (exact) mass is 274 g/mol. The molecular weight excluding hydrogens is 248 g/mol. The highest BCUT2D eigenvalue weighted by atomic mass is 16.2. The van der Waals surface area contributed by atoms with Crippen molar-refractivity contribution in [1.29, 1.82) is 0 Å². The minimum absolute atomic E-state index is 0.201. The topological polar surface area (TPSA) is 46.3 Å². The van der Waals surface area contributed by atoms with Gasteiger partial charge in [-0.25, -0.2) is 0 Å². The van der Waals surface area contributed by atoms with Gasteiger partial charge in [0.25, 0.3) is 0 Å². The Labute approximate surface area is 122 Å². The molecule has 1 amide bonds. The molecule has 1 fully saturated rings. The van der Waals surface area contributed by atoms with Gasteiger partial charge in [0.2, 0.25) is 5.91 Å². The number of nitrogens with two attached hydrogens (primary N) is 1. The summed E-state index contributed by atoms with van der Waals surface area (Å²) in [6.07, 6.45) is 4.20. The standard InChI is InChI=1S/C17H26N2O/c1-13-4-3-5-15(10-13)12-19(2)17(20)16-8-6-14(11-18)7-9-16/h3-5,10,14,16H,6-9,11-12,18H2,1-2H3. The fourth-order valence-electron chi connectivity index (χ4n) is 3.12. The lowest BCUT2D eigenvalue weighted by molar-refractivity contribution is -0.136. The van der Waals surface area contributed by atoms with Crippen molar-refractivity contribution < 1.29 is 4.79 Å². The number of carbonyl (C=O) groups excluding carboxylic acids is 1. The molecule has 0 spiro atoms. The van der Waals surface area contributed by atoms with E-state index >= 15 is 0 Å². The summed E-state index contributed by atoms with van der Waals surface area (Å²) in [5, 5.41) is 0. The molecule has 1 saturated carbocycles. The Bertz CT molecular complexity index is 450. The van der Waals surface area contributed by atoms with Crippen LogP contribution >= 0.6 is 0 Å². The van der Waals surface area contributed by atoms with E-state index in [0.29, 0.717) is 18.4 Å². The molecule has 20 heavy (non-hydrogen) atoms. The van der Waals surface area contributed by atoms with Crippen molar-refractivity contribution in [3.8, 4) is 0 Å². The minimum atomic E-state index is 0.201. The Morgan fingerprint density at radius 1 is 1.30 bits per heavy atom. The maximum Gasteiger partial charge on any atom is 0.225 e. The normalized spacial score (nSPS) is 22.6. The highest BCUT2D eigenvalue weighted by Gasteiger charge is 2.27. The second-order valence-corrected chi connectivity index (χ2v) is 6.14. The van der Waals surface area contributed by atoms with Crippen molar-refractivity contribution in [3.05, 3.63) is 35.4 Å². The highest BCUT2D eigenvalue weighted by molar-refractivity contribution is 5.78. The zero-order chi connectivity index (χ0) is 14.5. The third-order valence-electron chi connectivity index (χ3n) is 4.41. The molecule has 0 bridgehead atoms. The molecule has 1 aliphatic carbocycles. The van der Waals surface area contributed by atoms with E-state index in [1.165, 1.54) is 11.1 Å². The summed E-state index contributed by atoms with van der Waals surface area (Å²) >= 11 is 0. The van der Waals surface area contributed by atoms with Crippen LogP contribution in [0, 0.1) is 18.8 Å². The van der Waals surface area contributed by atoms with Gasteiger partial charge in [0, 0.05) is 19.5 Å². The second kappa shape index (κ2) is 6.89. The quantitative estimate of drug-likeness (QED) is 0.917. The summed E-state index contributed by atoms with van der Waals surface area (Å²) in [5.74, 6) is 1.12. The maximum absolute atomic E-state index is 12.5. The Morgan fingerprint density at radius 2 is 2.00 bits per heavy atom. The minimum Gasteiger partial charge on any atom is -0.341 e. The lowest BCUT2D eigenvalue weighted by Crippen LogP contribution is -2.35. The van der Waals surface area contributed by atoms with Crippen molar-refractivity contribution in [2.75, 3.05) is 13.6 Å². The van der Waals surface area contributed by atoms with E-state index < -0.39 is 0 Å². The van der Waals surface area contributed by atoms with Crippen molar-refractivity contribution in [3.63, 3.8) is 0 Å². The molecule has 0 aromatic heterocycles. The summed E-state index contributed by atoms with van der Waals surface area (Å²) in [6.45, 7) is 3.55. The highest BCUT2D eigenvalue weighted by Crippen LogP contribution is 2.29. The van der Waals surface area contributed by atoms with Crippen molar-refractivity contribution >= 4 is 5.91 Å². The molecule has 1 aromatic rings. The van der Waals surface area contributed by atoms with Crippen molar-refractivity contribution in [2.45, 2.75) is 39.2 Å². The zero-order valence-corrected chi connectivity index (χ0v) is 12.6. The summed E-state index contributed by atoms with van der Waals surface area (Å²) in [5.41, 5.74) is 8.15. The van der Waals surface area contributed by atoms with Crippen LogP contribution in [-0.4, -0.2) is 24.4 Å². The van der Waals surface area contributed by atoms with Crippen LogP contribution in [0.25, 0.3) is 0 Å². The molecule has 110 valence electrons. The zero-order valence-electron chi connectivity index (χ0n) is 12.6. The second-order valence-electron chi connectivity index (χ2n) is 6.14. The molecule has 2 rings (SSSR count). The summed E-state index contributed by atoms with van der Waals surface area (Å²) in [4.78, 5) is 14.4. The van der Waals surface area contributed by atoms with E-state index in [9.17, 15) is 4.79 Å². The molecule has 0 saturated heterocycles. The predicted octanol–water partition coefficient (Wildman–Crippen LogP) is 2.72. The molecule has 0 atom stereocenters. The molecule has 2 N–H and O–H groups in total. The van der Waals surface area contributed by atoms with E-state index in [-0.39, 0.29) is 5.92 Å². The van der Waals surface area contributed by atoms with Gasteiger partial charge in [-0.3, -0.25) is 4.79 Å². The van der Waals surface area contributed by atoms with Gasteiger partial charge >= 0.3 is 0 Å². The van der Waals surface area contributed by atoms with E-state index in [4.69, 9.17) is 5.73 Å². The number of nitrogens with zero attached hydrogens (tertiary/aromatic N) is 1. The number of carbonyl (C=O) groups is 1. The summed E-state index contributed by atoms with van der Waals surface area (Å²) in [6, 6.07) is 8.37. The Balaban J connectivity index is 1.89. The first-order valence-electron chi connectivity index (χ1n) is 7.60. The first kappa shape index (κ1) is 15.0. The first-order chi connectivity index (χ1) is 9.60.